The highest BCUT2D eigenvalue weighted by atomic mass is 35.5. The zero-order valence-electron chi connectivity index (χ0n) is 9.32. The highest BCUT2D eigenvalue weighted by Gasteiger charge is 2.14. The number of aromatic nitrogens is 2. The SMILES string of the molecule is Nc1ccc(C(=O)Nc2c(Cl)ncnc2Cl)cc1F. The van der Waals surface area contributed by atoms with E-state index in [0.29, 0.717) is 0 Å². The number of nitrogen functional groups attached to an aromatic ring is 1. The second-order valence-corrected chi connectivity index (χ2v) is 4.24. The number of nitrogens with one attached hydrogen (secondary N) is 1. The summed E-state index contributed by atoms with van der Waals surface area (Å²) in [5.41, 5.74) is 5.41. The lowest BCUT2D eigenvalue weighted by Gasteiger charge is -2.08. The van der Waals surface area contributed by atoms with Crippen LogP contribution < -0.4 is 11.1 Å². The van der Waals surface area contributed by atoms with Crippen molar-refractivity contribution in [1.29, 1.82) is 0 Å². The number of rotatable bonds is 2. The van der Waals surface area contributed by atoms with Gasteiger partial charge in [0.2, 0.25) is 0 Å². The van der Waals surface area contributed by atoms with Gasteiger partial charge >= 0.3 is 0 Å². The van der Waals surface area contributed by atoms with Crippen LogP contribution in [0.15, 0.2) is 24.5 Å². The number of nitrogens with two attached hydrogens (primary N) is 1. The normalized spacial score (nSPS) is 10.3. The third-order valence-corrected chi connectivity index (χ3v) is 2.83. The van der Waals surface area contributed by atoms with E-state index in [9.17, 15) is 9.18 Å². The number of hydrogen-bond acceptors (Lipinski definition) is 4. The first-order valence-corrected chi connectivity index (χ1v) is 5.77. The monoisotopic (exact) mass is 300 g/mol. The Hall–Kier alpha value is -1.92. The second kappa shape index (κ2) is 5.38. The Kier molecular flexibility index (Phi) is 3.82. The molecule has 5 nitrogen and oxygen atoms in total. The van der Waals surface area contributed by atoms with E-state index in [-0.39, 0.29) is 27.2 Å². The zero-order valence-corrected chi connectivity index (χ0v) is 10.8. The predicted octanol–water partition coefficient (Wildman–Crippen LogP) is 2.76. The van der Waals surface area contributed by atoms with E-state index in [1.165, 1.54) is 12.1 Å². The predicted molar refractivity (Wildman–Crippen MR) is 70.8 cm³/mol. The number of halogens is 3. The summed E-state index contributed by atoms with van der Waals surface area (Å²) in [5, 5.41) is 2.39. The van der Waals surface area contributed by atoms with Crippen LogP contribution >= 0.6 is 23.2 Å². The summed E-state index contributed by atoms with van der Waals surface area (Å²) < 4.78 is 13.3. The summed E-state index contributed by atoms with van der Waals surface area (Å²) in [6.07, 6.45) is 1.16. The molecule has 0 saturated heterocycles. The minimum Gasteiger partial charge on any atom is -0.396 e. The van der Waals surface area contributed by atoms with Crippen LogP contribution in [0.5, 0.6) is 0 Å². The minimum absolute atomic E-state index is 0.00994. The lowest BCUT2D eigenvalue weighted by molar-refractivity contribution is 0.102. The first kappa shape index (κ1) is 13.5. The molecule has 0 aliphatic carbocycles. The van der Waals surface area contributed by atoms with Crippen LogP contribution in [0.25, 0.3) is 0 Å². The lowest BCUT2D eigenvalue weighted by atomic mass is 10.2. The molecule has 1 heterocycles. The van der Waals surface area contributed by atoms with Gasteiger partial charge < -0.3 is 11.1 Å². The number of benzene rings is 1. The Balaban J connectivity index is 2.28. The quantitative estimate of drug-likeness (QED) is 0.660. The van der Waals surface area contributed by atoms with Gasteiger partial charge in [0, 0.05) is 5.56 Å². The molecule has 19 heavy (non-hydrogen) atoms. The Morgan fingerprint density at radius 3 is 2.47 bits per heavy atom. The number of hydrogen-bond donors (Lipinski definition) is 2. The van der Waals surface area contributed by atoms with Crippen molar-refractivity contribution in [3.8, 4) is 0 Å². The fraction of sp³-hybridized carbons (Fsp3) is 0. The van der Waals surface area contributed by atoms with Crippen LogP contribution in [0.3, 0.4) is 0 Å². The molecule has 0 bridgehead atoms. The Labute approximate surface area is 117 Å². The number of carbonyl (C=O) groups is 1. The largest absolute Gasteiger partial charge is 0.396 e. The summed E-state index contributed by atoms with van der Waals surface area (Å²) in [6, 6.07) is 3.67. The molecule has 98 valence electrons. The lowest BCUT2D eigenvalue weighted by Crippen LogP contribution is -2.14. The molecule has 0 aliphatic heterocycles. The minimum atomic E-state index is -0.686. The molecular weight excluding hydrogens is 294 g/mol. The van der Waals surface area contributed by atoms with Crippen LogP contribution in [-0.2, 0) is 0 Å². The molecule has 2 rings (SSSR count). The summed E-state index contributed by atoms with van der Waals surface area (Å²) >= 11 is 11.5. The molecule has 0 radical (unpaired) electrons. The van der Waals surface area contributed by atoms with Crippen molar-refractivity contribution >= 4 is 40.5 Å². The highest BCUT2D eigenvalue weighted by Crippen LogP contribution is 2.26. The summed E-state index contributed by atoms with van der Waals surface area (Å²) in [5.74, 6) is -1.29. The van der Waals surface area contributed by atoms with E-state index in [1.807, 2.05) is 0 Å². The first-order valence-electron chi connectivity index (χ1n) is 5.01. The smallest absolute Gasteiger partial charge is 0.255 e. The van der Waals surface area contributed by atoms with E-state index in [2.05, 4.69) is 15.3 Å². The molecule has 2 aromatic rings. The third kappa shape index (κ3) is 2.91. The summed E-state index contributed by atoms with van der Waals surface area (Å²) in [7, 11) is 0. The van der Waals surface area contributed by atoms with Crippen LogP contribution in [0.1, 0.15) is 10.4 Å². The average molecular weight is 301 g/mol. The van der Waals surface area contributed by atoms with Crippen molar-refractivity contribution in [2.45, 2.75) is 0 Å². The van der Waals surface area contributed by atoms with Crippen molar-refractivity contribution < 1.29 is 9.18 Å². The van der Waals surface area contributed by atoms with E-state index in [0.717, 1.165) is 12.4 Å². The maximum Gasteiger partial charge on any atom is 0.255 e. The molecule has 0 spiro atoms. The van der Waals surface area contributed by atoms with E-state index >= 15 is 0 Å². The Morgan fingerprint density at radius 2 is 1.89 bits per heavy atom. The Morgan fingerprint density at radius 1 is 1.26 bits per heavy atom. The molecule has 1 amide bonds. The Bertz CT molecular complexity index is 630. The van der Waals surface area contributed by atoms with Gasteiger partial charge in [-0.15, -0.1) is 0 Å². The van der Waals surface area contributed by atoms with Gasteiger partial charge in [-0.3, -0.25) is 4.79 Å². The molecule has 0 fully saturated rings. The van der Waals surface area contributed by atoms with Gasteiger partial charge in [-0.05, 0) is 18.2 Å². The van der Waals surface area contributed by atoms with Crippen molar-refractivity contribution in [1.82, 2.24) is 9.97 Å². The van der Waals surface area contributed by atoms with E-state index in [1.54, 1.807) is 0 Å². The van der Waals surface area contributed by atoms with E-state index in [4.69, 9.17) is 28.9 Å². The number of amides is 1. The van der Waals surface area contributed by atoms with Crippen molar-refractivity contribution in [3.05, 3.63) is 46.2 Å². The molecule has 0 atom stereocenters. The molecule has 1 aromatic heterocycles. The van der Waals surface area contributed by atoms with Crippen molar-refractivity contribution in [2.24, 2.45) is 0 Å². The number of nitrogens with zero attached hydrogens (tertiary/aromatic N) is 2. The summed E-state index contributed by atoms with van der Waals surface area (Å²) in [4.78, 5) is 19.2. The number of carbonyl (C=O) groups excluding carboxylic acids is 1. The fourth-order valence-electron chi connectivity index (χ4n) is 1.30. The maximum atomic E-state index is 13.3. The van der Waals surface area contributed by atoms with Gasteiger partial charge in [-0.25, -0.2) is 14.4 Å². The van der Waals surface area contributed by atoms with Crippen molar-refractivity contribution in [3.63, 3.8) is 0 Å². The van der Waals surface area contributed by atoms with Crippen LogP contribution in [0.2, 0.25) is 10.3 Å². The van der Waals surface area contributed by atoms with Crippen LogP contribution in [-0.4, -0.2) is 15.9 Å². The summed E-state index contributed by atoms with van der Waals surface area (Å²) in [6.45, 7) is 0. The van der Waals surface area contributed by atoms with Gasteiger partial charge in [0.15, 0.2) is 10.3 Å². The molecular formula is C11H7Cl2FN4O. The molecule has 0 unspecified atom stereocenters. The fourth-order valence-corrected chi connectivity index (χ4v) is 1.71. The maximum absolute atomic E-state index is 13.3. The van der Waals surface area contributed by atoms with Gasteiger partial charge in [0.1, 0.15) is 17.8 Å². The topological polar surface area (TPSA) is 80.9 Å². The van der Waals surface area contributed by atoms with Gasteiger partial charge in [0.25, 0.3) is 5.91 Å². The molecule has 3 N–H and O–H groups in total. The van der Waals surface area contributed by atoms with Crippen molar-refractivity contribution in [2.75, 3.05) is 11.1 Å². The van der Waals surface area contributed by atoms with Gasteiger partial charge in [-0.1, -0.05) is 23.2 Å². The highest BCUT2D eigenvalue weighted by molar-refractivity contribution is 6.38. The van der Waals surface area contributed by atoms with Crippen LogP contribution in [0.4, 0.5) is 15.8 Å². The van der Waals surface area contributed by atoms with Crippen LogP contribution in [0, 0.1) is 5.82 Å². The molecule has 0 saturated carbocycles. The average Bonchev–Trinajstić information content (AvgIpc) is 2.37. The first-order chi connectivity index (χ1) is 8.99. The van der Waals surface area contributed by atoms with E-state index < -0.39 is 11.7 Å². The van der Waals surface area contributed by atoms with Gasteiger partial charge in [-0.2, -0.15) is 0 Å². The molecule has 1 aromatic carbocycles. The molecule has 8 heteroatoms. The molecule has 0 aliphatic rings. The third-order valence-electron chi connectivity index (χ3n) is 2.26. The van der Waals surface area contributed by atoms with Gasteiger partial charge in [0.05, 0.1) is 5.69 Å². The zero-order chi connectivity index (χ0) is 14.0. The number of anilines is 2. The second-order valence-electron chi connectivity index (χ2n) is 3.52. The standard InChI is InChI=1S/C11H7Cl2FN4O/c12-9-8(10(13)17-4-16-9)18-11(19)5-1-2-7(15)6(14)3-5/h1-4H,15H2,(H,18,19).